The molecule has 0 aliphatic carbocycles. The van der Waals surface area contributed by atoms with Gasteiger partial charge in [0.1, 0.15) is 6.54 Å². The summed E-state index contributed by atoms with van der Waals surface area (Å²) in [5.41, 5.74) is 0.877. The molecule has 6 nitrogen and oxygen atoms in total. The average molecular weight is 446 g/mol. The zero-order chi connectivity index (χ0) is 20.4. The van der Waals surface area contributed by atoms with Crippen molar-refractivity contribution in [2.24, 2.45) is 0 Å². The van der Waals surface area contributed by atoms with Crippen LogP contribution in [0.15, 0.2) is 40.6 Å². The van der Waals surface area contributed by atoms with Crippen LogP contribution >= 0.6 is 34.4 Å². The molecule has 0 spiro atoms. The Kier molecular flexibility index (Phi) is 5.98. The van der Waals surface area contributed by atoms with Crippen molar-refractivity contribution in [3.8, 4) is 0 Å². The third-order valence-corrected chi connectivity index (χ3v) is 7.48. The molecule has 3 aromatic rings. The Morgan fingerprint density at radius 3 is 2.69 bits per heavy atom. The number of para-hydroxylation sites is 1. The number of thioether (sulfide) groups is 1. The standard InChI is InChI=1S/C20H19N3O3S3/c1-27-14-5-2-6-15-19(14)21-20(29-15)22(10-9-13-4-3-11-28-13)18(26)12-23-16(24)7-8-17(23)25/h2-6,11H,7-10,12H2,1H3. The van der Waals surface area contributed by atoms with Crippen LogP contribution in [0.1, 0.15) is 17.7 Å². The molecule has 0 atom stereocenters. The fourth-order valence-electron chi connectivity index (χ4n) is 3.22. The average Bonchev–Trinajstić information content (AvgIpc) is 3.45. The number of nitrogens with zero attached hydrogens (tertiary/aromatic N) is 3. The Balaban J connectivity index is 1.63. The normalized spacial score (nSPS) is 14.2. The Labute approximate surface area is 180 Å². The van der Waals surface area contributed by atoms with Crippen LogP contribution in [-0.2, 0) is 20.8 Å². The van der Waals surface area contributed by atoms with Crippen LogP contribution in [0.4, 0.5) is 5.13 Å². The molecule has 150 valence electrons. The van der Waals surface area contributed by atoms with Crippen molar-refractivity contribution in [2.75, 3.05) is 24.2 Å². The van der Waals surface area contributed by atoms with Crippen LogP contribution in [-0.4, -0.2) is 47.0 Å². The molecule has 1 aliphatic rings. The van der Waals surface area contributed by atoms with E-state index in [0.29, 0.717) is 18.1 Å². The minimum Gasteiger partial charge on any atom is -0.286 e. The SMILES string of the molecule is CSc1cccc2sc(N(CCc3cccs3)C(=O)CN3C(=O)CCC3=O)nc12. The van der Waals surface area contributed by atoms with E-state index in [2.05, 4.69) is 0 Å². The number of likely N-dealkylation sites (tertiary alicyclic amines) is 1. The number of thiazole rings is 1. The molecule has 1 aliphatic heterocycles. The number of hydrogen-bond donors (Lipinski definition) is 0. The van der Waals surface area contributed by atoms with Crippen molar-refractivity contribution in [3.63, 3.8) is 0 Å². The predicted octanol–water partition coefficient (Wildman–Crippen LogP) is 3.80. The van der Waals surface area contributed by atoms with Crippen molar-refractivity contribution in [1.82, 2.24) is 9.88 Å². The summed E-state index contributed by atoms with van der Waals surface area (Å²) in [5, 5.41) is 2.60. The first-order chi connectivity index (χ1) is 14.1. The fourth-order valence-corrected chi connectivity index (χ4v) is 5.58. The maximum Gasteiger partial charge on any atom is 0.248 e. The minimum absolute atomic E-state index is 0.180. The van der Waals surface area contributed by atoms with Crippen molar-refractivity contribution in [3.05, 3.63) is 40.6 Å². The summed E-state index contributed by atoms with van der Waals surface area (Å²) < 4.78 is 1.01. The largest absolute Gasteiger partial charge is 0.286 e. The van der Waals surface area contributed by atoms with Crippen LogP contribution in [0, 0.1) is 0 Å². The molecule has 1 aromatic carbocycles. The quantitative estimate of drug-likeness (QED) is 0.409. The first kappa shape index (κ1) is 20.1. The van der Waals surface area contributed by atoms with E-state index in [1.807, 2.05) is 42.0 Å². The lowest BCUT2D eigenvalue weighted by molar-refractivity contribution is -0.141. The van der Waals surface area contributed by atoms with Gasteiger partial charge in [0.25, 0.3) is 0 Å². The molecule has 29 heavy (non-hydrogen) atoms. The second-order valence-corrected chi connectivity index (χ2v) is 9.44. The van der Waals surface area contributed by atoms with Gasteiger partial charge in [0.15, 0.2) is 5.13 Å². The highest BCUT2D eigenvalue weighted by molar-refractivity contribution is 7.98. The van der Waals surface area contributed by atoms with E-state index in [-0.39, 0.29) is 37.1 Å². The summed E-state index contributed by atoms with van der Waals surface area (Å²) in [6, 6.07) is 10.00. The maximum atomic E-state index is 13.1. The number of hydrogen-bond acceptors (Lipinski definition) is 7. The highest BCUT2D eigenvalue weighted by Gasteiger charge is 2.32. The number of anilines is 1. The summed E-state index contributed by atoms with van der Waals surface area (Å²) >= 11 is 4.71. The van der Waals surface area contributed by atoms with Crippen LogP contribution in [0.5, 0.6) is 0 Å². The summed E-state index contributed by atoms with van der Waals surface area (Å²) in [5.74, 6) is -0.846. The van der Waals surface area contributed by atoms with Crippen molar-refractivity contribution in [2.45, 2.75) is 24.2 Å². The van der Waals surface area contributed by atoms with Crippen molar-refractivity contribution in [1.29, 1.82) is 0 Å². The predicted molar refractivity (Wildman–Crippen MR) is 118 cm³/mol. The van der Waals surface area contributed by atoms with Gasteiger partial charge in [-0.1, -0.05) is 23.5 Å². The Morgan fingerprint density at radius 1 is 1.21 bits per heavy atom. The highest BCUT2D eigenvalue weighted by atomic mass is 32.2. The van der Waals surface area contributed by atoms with E-state index < -0.39 is 0 Å². The summed E-state index contributed by atoms with van der Waals surface area (Å²) in [7, 11) is 0. The molecule has 0 unspecified atom stereocenters. The number of thiophene rings is 1. The van der Waals surface area contributed by atoms with Gasteiger partial charge in [-0.25, -0.2) is 4.98 Å². The van der Waals surface area contributed by atoms with Gasteiger partial charge in [0, 0.05) is 29.2 Å². The number of carbonyl (C=O) groups is 3. The molecule has 2 aromatic heterocycles. The summed E-state index contributed by atoms with van der Waals surface area (Å²) in [4.78, 5) is 46.7. The van der Waals surface area contributed by atoms with Gasteiger partial charge in [-0.2, -0.15) is 0 Å². The molecular weight excluding hydrogens is 426 g/mol. The second kappa shape index (κ2) is 8.64. The van der Waals surface area contributed by atoms with Crippen molar-refractivity contribution < 1.29 is 14.4 Å². The van der Waals surface area contributed by atoms with Crippen LogP contribution in [0.2, 0.25) is 0 Å². The zero-order valence-corrected chi connectivity index (χ0v) is 18.2. The molecule has 3 heterocycles. The highest BCUT2D eigenvalue weighted by Crippen LogP contribution is 2.34. The smallest absolute Gasteiger partial charge is 0.248 e. The van der Waals surface area contributed by atoms with Gasteiger partial charge < -0.3 is 0 Å². The molecule has 3 amide bonds. The number of aromatic nitrogens is 1. The van der Waals surface area contributed by atoms with Gasteiger partial charge in [-0.15, -0.1) is 23.1 Å². The van der Waals surface area contributed by atoms with Gasteiger partial charge >= 0.3 is 0 Å². The first-order valence-electron chi connectivity index (χ1n) is 9.16. The van der Waals surface area contributed by atoms with E-state index in [4.69, 9.17) is 4.98 Å². The summed E-state index contributed by atoms with van der Waals surface area (Å²) in [6.07, 6.45) is 3.05. The Hall–Kier alpha value is -2.23. The summed E-state index contributed by atoms with van der Waals surface area (Å²) in [6.45, 7) is 0.220. The molecule has 0 bridgehead atoms. The van der Waals surface area contributed by atoms with E-state index in [1.54, 1.807) is 28.0 Å². The first-order valence-corrected chi connectivity index (χ1v) is 12.1. The monoisotopic (exact) mass is 445 g/mol. The molecule has 0 N–H and O–H groups in total. The molecule has 9 heteroatoms. The Bertz CT molecular complexity index is 1050. The van der Waals surface area contributed by atoms with E-state index >= 15 is 0 Å². The zero-order valence-electron chi connectivity index (χ0n) is 15.8. The molecular formula is C20H19N3O3S3. The van der Waals surface area contributed by atoms with Crippen molar-refractivity contribution >= 4 is 67.5 Å². The van der Waals surface area contributed by atoms with E-state index in [1.165, 1.54) is 16.2 Å². The van der Waals surface area contributed by atoms with E-state index in [0.717, 1.165) is 20.0 Å². The number of amides is 3. The van der Waals surface area contributed by atoms with Gasteiger partial charge in [-0.05, 0) is 36.3 Å². The maximum absolute atomic E-state index is 13.1. The number of fused-ring (bicyclic) bond motifs is 1. The molecule has 4 rings (SSSR count). The Morgan fingerprint density at radius 2 is 2.00 bits per heavy atom. The third-order valence-electron chi connectivity index (χ3n) is 4.73. The molecule has 1 fully saturated rings. The third kappa shape index (κ3) is 4.22. The fraction of sp³-hybridized carbons (Fsp3) is 0.300. The van der Waals surface area contributed by atoms with Crippen LogP contribution in [0.3, 0.4) is 0 Å². The molecule has 0 radical (unpaired) electrons. The lowest BCUT2D eigenvalue weighted by atomic mass is 10.3. The minimum atomic E-state index is -0.282. The molecule has 1 saturated heterocycles. The number of benzene rings is 1. The lowest BCUT2D eigenvalue weighted by Crippen LogP contribution is -2.43. The van der Waals surface area contributed by atoms with Crippen LogP contribution in [0.25, 0.3) is 10.2 Å². The lowest BCUT2D eigenvalue weighted by Gasteiger charge is -2.22. The van der Waals surface area contributed by atoms with E-state index in [9.17, 15) is 14.4 Å². The van der Waals surface area contributed by atoms with Gasteiger partial charge in [0.05, 0.1) is 10.2 Å². The number of carbonyl (C=O) groups excluding carboxylic acids is 3. The topological polar surface area (TPSA) is 70.6 Å². The number of imide groups is 1. The second-order valence-electron chi connectivity index (χ2n) is 6.55. The van der Waals surface area contributed by atoms with Crippen LogP contribution < -0.4 is 4.90 Å². The van der Waals surface area contributed by atoms with Gasteiger partial charge in [-0.3, -0.25) is 24.2 Å². The van der Waals surface area contributed by atoms with Gasteiger partial charge in [0.2, 0.25) is 17.7 Å². The number of rotatable bonds is 7. The molecule has 0 saturated carbocycles.